The molecule has 0 saturated heterocycles. The molecule has 0 heterocycles. The van der Waals surface area contributed by atoms with E-state index in [9.17, 15) is 0 Å². The van der Waals surface area contributed by atoms with Crippen molar-refractivity contribution in [3.63, 3.8) is 0 Å². The van der Waals surface area contributed by atoms with Gasteiger partial charge < -0.3 is 4.74 Å². The third kappa shape index (κ3) is 3.39. The van der Waals surface area contributed by atoms with E-state index < -0.39 is 0 Å². The lowest BCUT2D eigenvalue weighted by atomic mass is 9.98. The van der Waals surface area contributed by atoms with Crippen LogP contribution in [0.3, 0.4) is 0 Å². The second kappa shape index (κ2) is 4.96. The SMILES string of the molecule is IC1CCCCCCC1OC1CC1. The van der Waals surface area contributed by atoms with Crippen molar-refractivity contribution in [3.05, 3.63) is 0 Å². The van der Waals surface area contributed by atoms with Crippen LogP contribution in [0.25, 0.3) is 0 Å². The maximum atomic E-state index is 6.04. The van der Waals surface area contributed by atoms with Gasteiger partial charge in [0, 0.05) is 3.92 Å². The van der Waals surface area contributed by atoms with Gasteiger partial charge in [-0.05, 0) is 25.7 Å². The molecule has 2 fully saturated rings. The van der Waals surface area contributed by atoms with Gasteiger partial charge in [-0.25, -0.2) is 0 Å². The van der Waals surface area contributed by atoms with Gasteiger partial charge in [0.15, 0.2) is 0 Å². The van der Waals surface area contributed by atoms with Crippen molar-refractivity contribution in [2.24, 2.45) is 0 Å². The molecule has 0 aromatic heterocycles. The largest absolute Gasteiger partial charge is 0.374 e. The minimum Gasteiger partial charge on any atom is -0.374 e. The average molecular weight is 294 g/mol. The minimum absolute atomic E-state index is 0.577. The summed E-state index contributed by atoms with van der Waals surface area (Å²) in [4.78, 5) is 0. The van der Waals surface area contributed by atoms with Gasteiger partial charge in [0.2, 0.25) is 0 Å². The quantitative estimate of drug-likeness (QED) is 0.557. The molecule has 2 rings (SSSR count). The van der Waals surface area contributed by atoms with E-state index in [2.05, 4.69) is 22.6 Å². The first-order chi connectivity index (χ1) is 6.36. The molecule has 0 amide bonds. The molecule has 2 saturated carbocycles. The first-order valence-electron chi connectivity index (χ1n) is 5.66. The number of ether oxygens (including phenoxy) is 1. The minimum atomic E-state index is 0.577. The molecule has 0 radical (unpaired) electrons. The second-order valence-electron chi connectivity index (χ2n) is 4.38. The van der Waals surface area contributed by atoms with Gasteiger partial charge in [0.05, 0.1) is 12.2 Å². The Labute approximate surface area is 94.8 Å². The van der Waals surface area contributed by atoms with Gasteiger partial charge in [0.1, 0.15) is 0 Å². The number of halogens is 1. The van der Waals surface area contributed by atoms with Crippen molar-refractivity contribution in [1.29, 1.82) is 0 Å². The number of hydrogen-bond donors (Lipinski definition) is 0. The van der Waals surface area contributed by atoms with Crippen molar-refractivity contribution in [3.8, 4) is 0 Å². The van der Waals surface area contributed by atoms with Crippen LogP contribution >= 0.6 is 22.6 Å². The third-order valence-electron chi connectivity index (χ3n) is 3.01. The molecule has 1 nitrogen and oxygen atoms in total. The van der Waals surface area contributed by atoms with Gasteiger partial charge in [0.25, 0.3) is 0 Å². The molecule has 0 aromatic rings. The molecular formula is C11H19IO. The van der Waals surface area contributed by atoms with E-state index in [0.717, 1.165) is 3.92 Å². The molecule has 0 spiro atoms. The van der Waals surface area contributed by atoms with Gasteiger partial charge in [-0.15, -0.1) is 0 Å². The molecular weight excluding hydrogens is 275 g/mol. The van der Waals surface area contributed by atoms with E-state index >= 15 is 0 Å². The lowest BCUT2D eigenvalue weighted by Gasteiger charge is -2.25. The Morgan fingerprint density at radius 1 is 0.846 bits per heavy atom. The molecule has 0 aromatic carbocycles. The van der Waals surface area contributed by atoms with Crippen molar-refractivity contribution in [1.82, 2.24) is 0 Å². The van der Waals surface area contributed by atoms with Gasteiger partial charge in [-0.1, -0.05) is 48.3 Å². The lowest BCUT2D eigenvalue weighted by molar-refractivity contribution is 0.0304. The molecule has 13 heavy (non-hydrogen) atoms. The molecule has 2 heteroatoms. The summed E-state index contributed by atoms with van der Waals surface area (Å²) in [5.74, 6) is 0. The van der Waals surface area contributed by atoms with Crippen molar-refractivity contribution in [2.45, 2.75) is 67.5 Å². The predicted octanol–water partition coefficient (Wildman–Crippen LogP) is 3.69. The fourth-order valence-electron chi connectivity index (χ4n) is 2.01. The molecule has 0 bridgehead atoms. The Morgan fingerprint density at radius 2 is 1.54 bits per heavy atom. The zero-order valence-corrected chi connectivity index (χ0v) is 10.3. The van der Waals surface area contributed by atoms with Crippen LogP contribution in [0, 0.1) is 0 Å². The number of alkyl halides is 1. The van der Waals surface area contributed by atoms with Crippen LogP contribution in [0.1, 0.15) is 51.4 Å². The highest BCUT2D eigenvalue weighted by atomic mass is 127. The first kappa shape index (κ1) is 10.2. The summed E-state index contributed by atoms with van der Waals surface area (Å²) in [5.41, 5.74) is 0. The molecule has 2 aliphatic carbocycles. The number of hydrogen-bond acceptors (Lipinski definition) is 1. The summed E-state index contributed by atoms with van der Waals surface area (Å²) >= 11 is 2.60. The molecule has 2 unspecified atom stereocenters. The van der Waals surface area contributed by atoms with Crippen LogP contribution in [0.5, 0.6) is 0 Å². The second-order valence-corrected chi connectivity index (χ2v) is 5.98. The monoisotopic (exact) mass is 294 g/mol. The van der Waals surface area contributed by atoms with E-state index in [0.29, 0.717) is 12.2 Å². The summed E-state index contributed by atoms with van der Waals surface area (Å²) in [6, 6.07) is 0. The smallest absolute Gasteiger partial charge is 0.0696 e. The van der Waals surface area contributed by atoms with E-state index in [1.165, 1.54) is 51.4 Å². The zero-order chi connectivity index (χ0) is 9.10. The van der Waals surface area contributed by atoms with Crippen LogP contribution in [0.2, 0.25) is 0 Å². The number of rotatable bonds is 2. The summed E-state index contributed by atoms with van der Waals surface area (Å²) in [7, 11) is 0. The Bertz CT molecular complexity index is 156. The normalized spacial score (nSPS) is 36.7. The molecule has 0 aliphatic heterocycles. The Kier molecular flexibility index (Phi) is 3.90. The van der Waals surface area contributed by atoms with Crippen LogP contribution in [0.4, 0.5) is 0 Å². The zero-order valence-electron chi connectivity index (χ0n) is 8.18. The van der Waals surface area contributed by atoms with E-state index in [1.54, 1.807) is 0 Å². The summed E-state index contributed by atoms with van der Waals surface area (Å²) in [5, 5.41) is 0. The fraction of sp³-hybridized carbons (Fsp3) is 1.00. The van der Waals surface area contributed by atoms with Crippen molar-refractivity contribution >= 4 is 22.6 Å². The topological polar surface area (TPSA) is 9.23 Å². The Balaban J connectivity index is 1.80. The molecule has 2 atom stereocenters. The average Bonchev–Trinajstić information content (AvgIpc) is 2.88. The third-order valence-corrected chi connectivity index (χ3v) is 4.44. The van der Waals surface area contributed by atoms with E-state index in [-0.39, 0.29) is 0 Å². The molecule has 0 N–H and O–H groups in total. The van der Waals surface area contributed by atoms with Gasteiger partial charge in [-0.2, -0.15) is 0 Å². The van der Waals surface area contributed by atoms with Crippen molar-refractivity contribution in [2.75, 3.05) is 0 Å². The fourth-order valence-corrected chi connectivity index (χ4v) is 2.98. The standard InChI is InChI=1S/C11H19IO/c12-10-5-3-1-2-4-6-11(10)13-9-7-8-9/h9-11H,1-8H2. The lowest BCUT2D eigenvalue weighted by Crippen LogP contribution is -2.26. The summed E-state index contributed by atoms with van der Waals surface area (Å²) in [6.07, 6.45) is 12.2. The van der Waals surface area contributed by atoms with Crippen molar-refractivity contribution < 1.29 is 4.74 Å². The molecule has 2 aliphatic rings. The van der Waals surface area contributed by atoms with Gasteiger partial charge in [-0.3, -0.25) is 0 Å². The van der Waals surface area contributed by atoms with Crippen LogP contribution in [0.15, 0.2) is 0 Å². The Hall–Kier alpha value is 0.690. The highest BCUT2D eigenvalue weighted by Crippen LogP contribution is 2.32. The van der Waals surface area contributed by atoms with E-state index in [1.807, 2.05) is 0 Å². The van der Waals surface area contributed by atoms with Crippen LogP contribution in [-0.2, 0) is 4.74 Å². The maximum Gasteiger partial charge on any atom is 0.0696 e. The van der Waals surface area contributed by atoms with Gasteiger partial charge >= 0.3 is 0 Å². The van der Waals surface area contributed by atoms with E-state index in [4.69, 9.17) is 4.74 Å². The summed E-state index contributed by atoms with van der Waals surface area (Å²) < 4.78 is 6.82. The van der Waals surface area contributed by atoms with Crippen LogP contribution < -0.4 is 0 Å². The Morgan fingerprint density at radius 3 is 2.23 bits per heavy atom. The maximum absolute atomic E-state index is 6.04. The highest BCUT2D eigenvalue weighted by Gasteiger charge is 2.29. The van der Waals surface area contributed by atoms with Crippen LogP contribution in [-0.4, -0.2) is 16.1 Å². The predicted molar refractivity (Wildman–Crippen MR) is 63.4 cm³/mol. The highest BCUT2D eigenvalue weighted by molar-refractivity contribution is 14.1. The molecule has 76 valence electrons. The first-order valence-corrected chi connectivity index (χ1v) is 6.90. The summed E-state index contributed by atoms with van der Waals surface area (Å²) in [6.45, 7) is 0.